The summed E-state index contributed by atoms with van der Waals surface area (Å²) in [5.41, 5.74) is 0.277. The van der Waals surface area contributed by atoms with E-state index in [1.807, 2.05) is 19.9 Å². The number of aliphatic hydroxyl groups excluding tert-OH is 1. The van der Waals surface area contributed by atoms with Gasteiger partial charge in [-0.25, -0.2) is 13.8 Å². The predicted octanol–water partition coefficient (Wildman–Crippen LogP) is 5.10. The number of likely N-dealkylation sites (tertiary alicyclic amines) is 2. The minimum absolute atomic E-state index is 0.0124. The number of carbonyl (C=O) groups is 1. The largest absolute Gasteiger partial charge is 0.477 e. The molecule has 37 heavy (non-hydrogen) atoms. The fourth-order valence-electron chi connectivity index (χ4n) is 5.20. The van der Waals surface area contributed by atoms with Crippen molar-refractivity contribution in [2.24, 2.45) is 5.92 Å². The molecule has 1 aromatic heterocycles. The first-order chi connectivity index (χ1) is 17.8. The molecule has 0 radical (unpaired) electrons. The van der Waals surface area contributed by atoms with Crippen molar-refractivity contribution in [2.45, 2.75) is 64.1 Å². The van der Waals surface area contributed by atoms with E-state index < -0.39 is 23.5 Å². The molecule has 0 aliphatic carbocycles. The molecule has 1 amide bonds. The lowest BCUT2D eigenvalue weighted by molar-refractivity contribution is 0.0470. The van der Waals surface area contributed by atoms with Gasteiger partial charge in [-0.15, -0.1) is 0 Å². The second-order valence-corrected chi connectivity index (χ2v) is 10.5. The van der Waals surface area contributed by atoms with Crippen molar-refractivity contribution in [3.63, 3.8) is 0 Å². The van der Waals surface area contributed by atoms with Crippen LogP contribution in [0.1, 0.15) is 62.7 Å². The van der Waals surface area contributed by atoms with Crippen molar-refractivity contribution < 1.29 is 23.4 Å². The Morgan fingerprint density at radius 2 is 1.84 bits per heavy atom. The third kappa shape index (κ3) is 7.05. The molecule has 6 nitrogen and oxygen atoms in total. The minimum atomic E-state index is -1.09. The number of nitrogens with zero attached hydrogens (tertiary/aromatic N) is 3. The molecule has 2 aromatic rings. The van der Waals surface area contributed by atoms with Gasteiger partial charge in [-0.1, -0.05) is 19.9 Å². The lowest BCUT2D eigenvalue weighted by Crippen LogP contribution is -2.44. The highest BCUT2D eigenvalue weighted by Crippen LogP contribution is 2.27. The summed E-state index contributed by atoms with van der Waals surface area (Å²) in [7, 11) is 0. The maximum Gasteiger partial charge on any atom is 0.256 e. The van der Waals surface area contributed by atoms with Crippen LogP contribution in [0.5, 0.6) is 5.88 Å². The summed E-state index contributed by atoms with van der Waals surface area (Å²) in [6.45, 7) is 7.43. The number of piperidine rings is 2. The van der Waals surface area contributed by atoms with Crippen molar-refractivity contribution in [1.82, 2.24) is 14.8 Å². The van der Waals surface area contributed by atoms with Gasteiger partial charge in [0, 0.05) is 37.5 Å². The fourth-order valence-corrected chi connectivity index (χ4v) is 5.20. The van der Waals surface area contributed by atoms with Crippen molar-refractivity contribution in [3.8, 4) is 17.0 Å². The minimum Gasteiger partial charge on any atom is -0.477 e. The van der Waals surface area contributed by atoms with Gasteiger partial charge in [0.1, 0.15) is 11.5 Å². The number of alkyl halides is 1. The molecule has 202 valence electrons. The van der Waals surface area contributed by atoms with Gasteiger partial charge in [0.05, 0.1) is 18.3 Å². The van der Waals surface area contributed by atoms with Crippen molar-refractivity contribution in [2.75, 3.05) is 39.3 Å². The van der Waals surface area contributed by atoms with Gasteiger partial charge in [0.25, 0.3) is 5.91 Å². The van der Waals surface area contributed by atoms with Crippen LogP contribution in [0.2, 0.25) is 0 Å². The standard InChI is InChI=1S/C29H39F2N3O3/c1-3-29(31,4-2)20-33-14-11-21(12-15-33)19-37-27-10-8-23(17-32-27)22-7-9-25(26(30)16-22)28(36)34-13-5-6-24(35)18-34/h7-10,16-17,21,24,35H,3-6,11-15,18-20H2,1-2H3/t24-/m0/s1. The number of hydrogen-bond donors (Lipinski definition) is 1. The number of β-amino-alcohol motifs (C(OH)–C–C–N with tert-alkyl or cyclic N) is 1. The average Bonchev–Trinajstić information content (AvgIpc) is 2.92. The monoisotopic (exact) mass is 515 g/mol. The van der Waals surface area contributed by atoms with Crippen LogP contribution in [0.25, 0.3) is 11.1 Å². The molecule has 2 aliphatic rings. The maximum absolute atomic E-state index is 14.8. The Hall–Kier alpha value is -2.58. The van der Waals surface area contributed by atoms with Crippen LogP contribution in [0, 0.1) is 11.7 Å². The second kappa shape index (κ2) is 12.3. The number of ether oxygens (including phenoxy) is 1. The number of halogens is 2. The Morgan fingerprint density at radius 1 is 1.11 bits per heavy atom. The lowest BCUT2D eigenvalue weighted by atomic mass is 9.94. The first-order valence-electron chi connectivity index (χ1n) is 13.6. The molecule has 1 aromatic carbocycles. The molecule has 4 rings (SSSR count). The fraction of sp³-hybridized carbons (Fsp3) is 0.586. The van der Waals surface area contributed by atoms with E-state index in [9.17, 15) is 18.7 Å². The van der Waals surface area contributed by atoms with Gasteiger partial charge in [0.2, 0.25) is 5.88 Å². The average molecular weight is 516 g/mol. The molecule has 2 fully saturated rings. The summed E-state index contributed by atoms with van der Waals surface area (Å²) in [4.78, 5) is 20.8. The molecule has 1 N–H and O–H groups in total. The number of aliphatic hydroxyl groups is 1. The number of carbonyl (C=O) groups excluding carboxylic acids is 1. The molecule has 2 saturated heterocycles. The number of rotatable bonds is 9. The van der Waals surface area contributed by atoms with Crippen LogP contribution in [0.15, 0.2) is 36.5 Å². The Bertz CT molecular complexity index is 1040. The summed E-state index contributed by atoms with van der Waals surface area (Å²) in [6.07, 6.45) is 5.51. The Morgan fingerprint density at radius 3 is 2.46 bits per heavy atom. The Labute approximate surface area is 218 Å². The van der Waals surface area contributed by atoms with Crippen LogP contribution in [0.3, 0.4) is 0 Å². The molecule has 0 spiro atoms. The van der Waals surface area contributed by atoms with Crippen LogP contribution >= 0.6 is 0 Å². The van der Waals surface area contributed by atoms with Crippen molar-refractivity contribution in [3.05, 3.63) is 47.9 Å². The quantitative estimate of drug-likeness (QED) is 0.503. The van der Waals surface area contributed by atoms with Crippen molar-refractivity contribution in [1.29, 1.82) is 0 Å². The highest BCUT2D eigenvalue weighted by atomic mass is 19.1. The van der Waals surface area contributed by atoms with E-state index >= 15 is 0 Å². The lowest BCUT2D eigenvalue weighted by Gasteiger charge is -2.36. The topological polar surface area (TPSA) is 65.9 Å². The number of pyridine rings is 1. The SMILES string of the molecule is CCC(F)(CC)CN1CCC(COc2ccc(-c3ccc(C(=O)N4CCC[C@H](O)C4)c(F)c3)cn2)CC1. The highest BCUT2D eigenvalue weighted by molar-refractivity contribution is 5.95. The number of amides is 1. The molecule has 3 heterocycles. The molecular weight excluding hydrogens is 476 g/mol. The first kappa shape index (κ1) is 27.5. The molecule has 0 saturated carbocycles. The van der Waals surface area contributed by atoms with E-state index in [2.05, 4.69) is 9.88 Å². The van der Waals surface area contributed by atoms with Gasteiger partial charge in [0.15, 0.2) is 0 Å². The van der Waals surface area contributed by atoms with Crippen LogP contribution in [-0.2, 0) is 0 Å². The molecule has 8 heteroatoms. The summed E-state index contributed by atoms with van der Waals surface area (Å²) in [5, 5.41) is 9.82. The van der Waals surface area contributed by atoms with Crippen molar-refractivity contribution >= 4 is 5.91 Å². The van der Waals surface area contributed by atoms with Gasteiger partial charge >= 0.3 is 0 Å². The Balaban J connectivity index is 1.28. The Kier molecular flexibility index (Phi) is 9.13. The van der Waals surface area contributed by atoms with Crippen LogP contribution < -0.4 is 4.74 Å². The highest BCUT2D eigenvalue weighted by Gasteiger charge is 2.30. The van der Waals surface area contributed by atoms with E-state index in [-0.39, 0.29) is 12.1 Å². The van der Waals surface area contributed by atoms with E-state index in [4.69, 9.17) is 4.74 Å². The zero-order chi connectivity index (χ0) is 26.4. The molecule has 1 atom stereocenters. The van der Waals surface area contributed by atoms with E-state index in [1.165, 1.54) is 17.0 Å². The third-order valence-electron chi connectivity index (χ3n) is 7.90. The van der Waals surface area contributed by atoms with E-state index in [0.717, 1.165) is 31.5 Å². The van der Waals surface area contributed by atoms with Gasteiger partial charge < -0.3 is 19.6 Å². The second-order valence-electron chi connectivity index (χ2n) is 10.5. The zero-order valence-electron chi connectivity index (χ0n) is 22.0. The van der Waals surface area contributed by atoms with Gasteiger partial charge in [-0.2, -0.15) is 0 Å². The van der Waals surface area contributed by atoms with Gasteiger partial charge in [-0.3, -0.25) is 4.79 Å². The number of hydrogen-bond acceptors (Lipinski definition) is 5. The van der Waals surface area contributed by atoms with E-state index in [1.54, 1.807) is 18.3 Å². The van der Waals surface area contributed by atoms with Crippen LogP contribution in [0.4, 0.5) is 8.78 Å². The van der Waals surface area contributed by atoms with Crippen LogP contribution in [-0.4, -0.2) is 76.9 Å². The summed E-state index contributed by atoms with van der Waals surface area (Å²) >= 11 is 0. The van der Waals surface area contributed by atoms with E-state index in [0.29, 0.717) is 62.7 Å². The number of aromatic nitrogens is 1. The predicted molar refractivity (Wildman–Crippen MR) is 140 cm³/mol. The molecule has 0 unspecified atom stereocenters. The zero-order valence-corrected chi connectivity index (χ0v) is 22.0. The molecular formula is C29H39F2N3O3. The summed E-state index contributed by atoms with van der Waals surface area (Å²) in [6, 6.07) is 8.17. The number of benzene rings is 1. The normalized spacial score (nSPS) is 19.7. The molecule has 2 aliphatic heterocycles. The summed E-state index contributed by atoms with van der Waals surface area (Å²) in [5.74, 6) is -0.0515. The summed E-state index contributed by atoms with van der Waals surface area (Å²) < 4.78 is 35.4. The molecule has 0 bridgehead atoms. The van der Waals surface area contributed by atoms with Gasteiger partial charge in [-0.05, 0) is 81.3 Å². The first-order valence-corrected chi connectivity index (χ1v) is 13.6. The smallest absolute Gasteiger partial charge is 0.256 e. The maximum atomic E-state index is 14.8. The third-order valence-corrected chi connectivity index (χ3v) is 7.90.